The third-order valence-electron chi connectivity index (χ3n) is 11.9. The van der Waals surface area contributed by atoms with Gasteiger partial charge in [0, 0.05) is 6.42 Å². The molecule has 4 fully saturated rings. The number of carbonyl (C=O) groups is 1. The zero-order valence-corrected chi connectivity index (χ0v) is 20.5. The van der Waals surface area contributed by atoms with Crippen molar-refractivity contribution in [2.75, 3.05) is 0 Å². The first kappa shape index (κ1) is 21.9. The Morgan fingerprint density at radius 3 is 2.41 bits per heavy atom. The lowest BCUT2D eigenvalue weighted by Crippen LogP contribution is -2.59. The Morgan fingerprint density at radius 2 is 1.72 bits per heavy atom. The van der Waals surface area contributed by atoms with Gasteiger partial charge in [0.2, 0.25) is 0 Å². The van der Waals surface area contributed by atoms with E-state index in [-0.39, 0.29) is 0 Å². The van der Waals surface area contributed by atoms with E-state index in [2.05, 4.69) is 41.5 Å². The molecule has 0 aliphatic heterocycles. The number of fused-ring (bicyclic) bond motifs is 5. The lowest BCUT2D eigenvalue weighted by Gasteiger charge is -2.67. The lowest BCUT2D eigenvalue weighted by molar-refractivity contribution is -0.177. The van der Waals surface area contributed by atoms with Crippen LogP contribution in [0.2, 0.25) is 0 Å². The topological polar surface area (TPSA) is 17.1 Å². The van der Waals surface area contributed by atoms with E-state index in [1.807, 2.05) is 0 Å². The predicted molar refractivity (Wildman–Crippen MR) is 123 cm³/mol. The Balaban J connectivity index is 1.59. The van der Waals surface area contributed by atoms with Crippen molar-refractivity contribution in [1.29, 1.82) is 0 Å². The van der Waals surface area contributed by atoms with Crippen LogP contribution in [0.5, 0.6) is 0 Å². The largest absolute Gasteiger partial charge is 0.300 e. The lowest BCUT2D eigenvalue weighted by atomic mass is 9.38. The van der Waals surface area contributed by atoms with Crippen LogP contribution in [0.4, 0.5) is 0 Å². The molecule has 4 aliphatic carbocycles. The van der Waals surface area contributed by atoms with E-state index in [1.165, 1.54) is 51.4 Å². The first-order valence-electron chi connectivity index (χ1n) is 13.0. The van der Waals surface area contributed by atoms with Crippen LogP contribution < -0.4 is 0 Å². The van der Waals surface area contributed by atoms with Crippen LogP contribution in [-0.2, 0) is 4.79 Å². The van der Waals surface area contributed by atoms with Gasteiger partial charge in [0.05, 0.1) is 0 Å². The summed E-state index contributed by atoms with van der Waals surface area (Å²) in [5.41, 5.74) is 1.64. The van der Waals surface area contributed by atoms with Gasteiger partial charge in [-0.2, -0.15) is 0 Å². The fourth-order valence-electron chi connectivity index (χ4n) is 9.88. The Morgan fingerprint density at radius 1 is 1.00 bits per heavy atom. The van der Waals surface area contributed by atoms with E-state index in [1.54, 1.807) is 6.92 Å². The summed E-state index contributed by atoms with van der Waals surface area (Å²) >= 11 is 0. The molecular formula is C28H48O. The summed E-state index contributed by atoms with van der Waals surface area (Å²) in [7, 11) is 0. The van der Waals surface area contributed by atoms with Crippen LogP contribution in [0.15, 0.2) is 0 Å². The Labute approximate surface area is 181 Å². The van der Waals surface area contributed by atoms with E-state index >= 15 is 0 Å². The van der Waals surface area contributed by atoms with Gasteiger partial charge in [-0.1, -0.05) is 48.0 Å². The van der Waals surface area contributed by atoms with Gasteiger partial charge < -0.3 is 4.79 Å². The van der Waals surface area contributed by atoms with Crippen LogP contribution in [-0.4, -0.2) is 5.78 Å². The second-order valence-electron chi connectivity index (χ2n) is 13.1. The minimum atomic E-state index is 0.374. The van der Waals surface area contributed by atoms with Crippen LogP contribution in [0.25, 0.3) is 0 Å². The molecule has 4 saturated carbocycles. The molecule has 4 rings (SSSR count). The molecule has 10 atom stereocenters. The minimum absolute atomic E-state index is 0.374. The summed E-state index contributed by atoms with van der Waals surface area (Å²) in [5.74, 6) is 6.51. The SMILES string of the molecule is CC(=O)CCC(C)[C@H]1CCC2C3CC[C@]4(C)C[C@H](C)CC[C@]4(C)C3C[C@H](C)[C@@]21C. The monoisotopic (exact) mass is 400 g/mol. The highest BCUT2D eigenvalue weighted by atomic mass is 16.1. The number of hydrogen-bond acceptors (Lipinski definition) is 1. The third kappa shape index (κ3) is 3.18. The molecule has 0 N–H and O–H groups in total. The molecule has 4 unspecified atom stereocenters. The van der Waals surface area contributed by atoms with Gasteiger partial charge in [0.15, 0.2) is 0 Å². The van der Waals surface area contributed by atoms with E-state index in [0.29, 0.717) is 27.9 Å². The van der Waals surface area contributed by atoms with E-state index in [0.717, 1.165) is 48.3 Å². The zero-order valence-electron chi connectivity index (χ0n) is 20.5. The number of hydrogen-bond donors (Lipinski definition) is 0. The van der Waals surface area contributed by atoms with Gasteiger partial charge in [0.25, 0.3) is 0 Å². The van der Waals surface area contributed by atoms with E-state index in [4.69, 9.17) is 0 Å². The van der Waals surface area contributed by atoms with E-state index in [9.17, 15) is 4.79 Å². The number of Topliss-reactive ketones (excluding diaryl/α,β-unsaturated/α-hetero) is 1. The Bertz CT molecular complexity index is 638. The summed E-state index contributed by atoms with van der Waals surface area (Å²) in [6, 6.07) is 0. The highest BCUT2D eigenvalue weighted by molar-refractivity contribution is 5.75. The Hall–Kier alpha value is -0.330. The average molecular weight is 401 g/mol. The van der Waals surface area contributed by atoms with Gasteiger partial charge in [-0.3, -0.25) is 0 Å². The van der Waals surface area contributed by atoms with Crippen molar-refractivity contribution in [2.45, 2.75) is 113 Å². The van der Waals surface area contributed by atoms with Crippen LogP contribution in [0.3, 0.4) is 0 Å². The highest BCUT2D eigenvalue weighted by Crippen LogP contribution is 2.72. The van der Waals surface area contributed by atoms with Gasteiger partial charge in [-0.25, -0.2) is 0 Å². The van der Waals surface area contributed by atoms with Crippen LogP contribution in [0.1, 0.15) is 113 Å². The van der Waals surface area contributed by atoms with Crippen molar-refractivity contribution in [3.63, 3.8) is 0 Å². The van der Waals surface area contributed by atoms with Gasteiger partial charge >= 0.3 is 0 Å². The summed E-state index contributed by atoms with van der Waals surface area (Å²) < 4.78 is 0. The molecular weight excluding hydrogens is 352 g/mol. The third-order valence-corrected chi connectivity index (χ3v) is 11.9. The average Bonchev–Trinajstić information content (AvgIpc) is 3.01. The first-order chi connectivity index (χ1) is 13.5. The van der Waals surface area contributed by atoms with Crippen molar-refractivity contribution < 1.29 is 4.79 Å². The zero-order chi connectivity index (χ0) is 21.2. The smallest absolute Gasteiger partial charge is 0.129 e. The maximum absolute atomic E-state index is 11.6. The molecule has 1 heteroatoms. The molecule has 0 saturated heterocycles. The molecule has 0 radical (unpaired) electrons. The number of ketones is 1. The quantitative estimate of drug-likeness (QED) is 0.468. The molecule has 0 aromatic rings. The Kier molecular flexibility index (Phi) is 5.56. The summed E-state index contributed by atoms with van der Waals surface area (Å²) in [5, 5.41) is 0. The molecule has 0 aromatic carbocycles. The maximum Gasteiger partial charge on any atom is 0.129 e. The van der Waals surface area contributed by atoms with E-state index < -0.39 is 0 Å². The molecule has 4 aliphatic rings. The first-order valence-corrected chi connectivity index (χ1v) is 13.0. The van der Waals surface area contributed by atoms with Crippen molar-refractivity contribution in [3.05, 3.63) is 0 Å². The minimum Gasteiger partial charge on any atom is -0.300 e. The molecule has 1 nitrogen and oxygen atoms in total. The highest BCUT2D eigenvalue weighted by Gasteiger charge is 2.65. The maximum atomic E-state index is 11.6. The molecule has 0 amide bonds. The number of rotatable bonds is 4. The number of carbonyl (C=O) groups excluding carboxylic acids is 1. The van der Waals surface area contributed by atoms with Crippen molar-refractivity contribution in [1.82, 2.24) is 0 Å². The molecule has 166 valence electrons. The van der Waals surface area contributed by atoms with Crippen molar-refractivity contribution in [2.24, 2.45) is 57.7 Å². The summed E-state index contributed by atoms with van der Waals surface area (Å²) in [6.45, 7) is 17.4. The standard InChI is InChI=1S/C28H48O/c1-18-12-15-27(6)25-16-20(3)28(7)23(19(2)8-9-21(4)29)10-11-24(28)22(25)13-14-26(27,5)17-18/h18-20,22-25H,8-17H2,1-7H3/t18-,19?,20+,22?,23-,24?,25?,26-,27-,28-/m1/s1. The van der Waals surface area contributed by atoms with Gasteiger partial charge in [0.1, 0.15) is 5.78 Å². The second kappa shape index (κ2) is 7.37. The normalized spacial score (nSPS) is 52.9. The molecule has 0 aromatic heterocycles. The predicted octanol–water partition coefficient (Wildman–Crippen LogP) is 7.92. The molecule has 0 heterocycles. The van der Waals surface area contributed by atoms with Gasteiger partial charge in [-0.05, 0) is 116 Å². The van der Waals surface area contributed by atoms with Crippen LogP contribution in [0, 0.1) is 57.7 Å². The summed E-state index contributed by atoms with van der Waals surface area (Å²) in [4.78, 5) is 11.6. The molecule has 0 spiro atoms. The van der Waals surface area contributed by atoms with Gasteiger partial charge in [-0.15, -0.1) is 0 Å². The van der Waals surface area contributed by atoms with Crippen LogP contribution >= 0.6 is 0 Å². The fraction of sp³-hybridized carbons (Fsp3) is 0.964. The second-order valence-corrected chi connectivity index (χ2v) is 13.1. The molecule has 29 heavy (non-hydrogen) atoms. The van der Waals surface area contributed by atoms with Crippen molar-refractivity contribution >= 4 is 5.78 Å². The fourth-order valence-corrected chi connectivity index (χ4v) is 9.88. The van der Waals surface area contributed by atoms with Crippen molar-refractivity contribution in [3.8, 4) is 0 Å². The molecule has 0 bridgehead atoms. The summed E-state index contributed by atoms with van der Waals surface area (Å²) in [6.07, 6.45) is 13.6.